The Bertz CT molecular complexity index is 605. The molecule has 1 spiro atoms. The number of carbonyl (C=O) groups is 2. The summed E-state index contributed by atoms with van der Waals surface area (Å²) in [5.74, 6) is -0.0915. The lowest BCUT2D eigenvalue weighted by Gasteiger charge is -2.18. The second-order valence-electron chi connectivity index (χ2n) is 6.13. The lowest BCUT2D eigenvalue weighted by Crippen LogP contribution is -2.41. The van der Waals surface area contributed by atoms with E-state index in [9.17, 15) is 9.59 Å². The van der Waals surface area contributed by atoms with Crippen molar-refractivity contribution in [3.05, 3.63) is 48.0 Å². The van der Waals surface area contributed by atoms with Crippen LogP contribution in [0, 0.1) is 12.3 Å². The molecule has 1 aromatic carbocycles. The standard InChI is InChI=1S/C17H20N2O2/c1-3-15(20)18-14-10-19(11-17(14)8-9-17)16(21)13-7-5-4-6-12(13)2/h3-7,14H,1,8-11H2,2H3,(H,18,20). The Kier molecular flexibility index (Phi) is 3.32. The minimum absolute atomic E-state index is 0.0518. The zero-order chi connectivity index (χ0) is 15.0. The Morgan fingerprint density at radius 3 is 2.71 bits per heavy atom. The van der Waals surface area contributed by atoms with E-state index >= 15 is 0 Å². The Hall–Kier alpha value is -2.10. The molecule has 4 heteroatoms. The topological polar surface area (TPSA) is 49.4 Å². The molecule has 21 heavy (non-hydrogen) atoms. The smallest absolute Gasteiger partial charge is 0.254 e. The van der Waals surface area contributed by atoms with Gasteiger partial charge in [-0.25, -0.2) is 0 Å². The molecule has 0 radical (unpaired) electrons. The molecule has 1 heterocycles. The highest BCUT2D eigenvalue weighted by Crippen LogP contribution is 2.53. The maximum absolute atomic E-state index is 12.7. The van der Waals surface area contributed by atoms with Gasteiger partial charge in [0, 0.05) is 24.1 Å². The Balaban J connectivity index is 1.76. The lowest BCUT2D eigenvalue weighted by molar-refractivity contribution is -0.117. The van der Waals surface area contributed by atoms with Crippen LogP contribution in [0.25, 0.3) is 0 Å². The zero-order valence-corrected chi connectivity index (χ0v) is 12.3. The molecule has 1 atom stereocenters. The third kappa shape index (κ3) is 2.46. The van der Waals surface area contributed by atoms with Gasteiger partial charge < -0.3 is 10.2 Å². The quantitative estimate of drug-likeness (QED) is 0.862. The van der Waals surface area contributed by atoms with Crippen LogP contribution in [-0.4, -0.2) is 35.8 Å². The van der Waals surface area contributed by atoms with E-state index in [-0.39, 0.29) is 23.3 Å². The number of hydrogen-bond acceptors (Lipinski definition) is 2. The summed E-state index contributed by atoms with van der Waals surface area (Å²) in [4.78, 5) is 26.1. The molecule has 1 unspecified atom stereocenters. The van der Waals surface area contributed by atoms with Crippen molar-refractivity contribution in [3.8, 4) is 0 Å². The maximum atomic E-state index is 12.7. The summed E-state index contributed by atoms with van der Waals surface area (Å²) in [6.45, 7) is 6.77. The van der Waals surface area contributed by atoms with E-state index in [4.69, 9.17) is 0 Å². The number of benzene rings is 1. The molecule has 1 aliphatic carbocycles. The van der Waals surface area contributed by atoms with Gasteiger partial charge in [-0.05, 0) is 37.5 Å². The predicted octanol–water partition coefficient (Wildman–Crippen LogP) is 1.90. The molecule has 1 saturated carbocycles. The van der Waals surface area contributed by atoms with Gasteiger partial charge in [-0.2, -0.15) is 0 Å². The third-order valence-electron chi connectivity index (χ3n) is 4.70. The number of aryl methyl sites for hydroxylation is 1. The Morgan fingerprint density at radius 1 is 1.38 bits per heavy atom. The van der Waals surface area contributed by atoms with E-state index in [1.165, 1.54) is 6.08 Å². The predicted molar refractivity (Wildman–Crippen MR) is 80.9 cm³/mol. The summed E-state index contributed by atoms with van der Waals surface area (Å²) in [5.41, 5.74) is 1.84. The molecule has 2 fully saturated rings. The second kappa shape index (κ2) is 5.02. The average molecular weight is 284 g/mol. The van der Waals surface area contributed by atoms with Crippen LogP contribution in [0.15, 0.2) is 36.9 Å². The molecular formula is C17H20N2O2. The van der Waals surface area contributed by atoms with Gasteiger partial charge >= 0.3 is 0 Å². The third-order valence-corrected chi connectivity index (χ3v) is 4.70. The zero-order valence-electron chi connectivity index (χ0n) is 12.3. The summed E-state index contributed by atoms with van der Waals surface area (Å²) in [6, 6.07) is 7.70. The van der Waals surface area contributed by atoms with E-state index in [2.05, 4.69) is 11.9 Å². The summed E-state index contributed by atoms with van der Waals surface area (Å²) in [6.07, 6.45) is 3.45. The van der Waals surface area contributed by atoms with E-state index < -0.39 is 0 Å². The largest absolute Gasteiger partial charge is 0.347 e. The fraction of sp³-hybridized carbons (Fsp3) is 0.412. The fourth-order valence-corrected chi connectivity index (χ4v) is 3.20. The molecule has 2 aliphatic rings. The lowest BCUT2D eigenvalue weighted by atomic mass is 10.0. The highest BCUT2D eigenvalue weighted by atomic mass is 16.2. The minimum Gasteiger partial charge on any atom is -0.347 e. The molecule has 2 amide bonds. The molecule has 1 saturated heterocycles. The van der Waals surface area contributed by atoms with Crippen LogP contribution in [-0.2, 0) is 4.79 Å². The first-order valence-corrected chi connectivity index (χ1v) is 7.33. The summed E-state index contributed by atoms with van der Waals surface area (Å²) >= 11 is 0. The molecule has 0 aromatic heterocycles. The van der Waals surface area contributed by atoms with Gasteiger partial charge in [-0.15, -0.1) is 0 Å². The number of nitrogens with one attached hydrogen (secondary N) is 1. The first kappa shape index (κ1) is 13.9. The van der Waals surface area contributed by atoms with Crippen molar-refractivity contribution in [1.29, 1.82) is 0 Å². The van der Waals surface area contributed by atoms with Crippen molar-refractivity contribution in [2.45, 2.75) is 25.8 Å². The normalized spacial score (nSPS) is 22.1. The minimum atomic E-state index is -0.156. The highest BCUT2D eigenvalue weighted by Gasteiger charge is 2.56. The van der Waals surface area contributed by atoms with Crippen molar-refractivity contribution < 1.29 is 9.59 Å². The monoisotopic (exact) mass is 284 g/mol. The van der Waals surface area contributed by atoms with Crippen molar-refractivity contribution in [1.82, 2.24) is 10.2 Å². The van der Waals surface area contributed by atoms with Gasteiger partial charge in [0.25, 0.3) is 5.91 Å². The molecule has 3 rings (SSSR count). The number of likely N-dealkylation sites (tertiary alicyclic amines) is 1. The van der Waals surface area contributed by atoms with Gasteiger partial charge in [0.05, 0.1) is 6.04 Å². The van der Waals surface area contributed by atoms with Crippen molar-refractivity contribution in [3.63, 3.8) is 0 Å². The molecule has 1 N–H and O–H groups in total. The summed E-state index contributed by atoms with van der Waals surface area (Å²) < 4.78 is 0. The Labute approximate surface area is 124 Å². The van der Waals surface area contributed by atoms with E-state index in [0.717, 1.165) is 30.5 Å². The van der Waals surface area contributed by atoms with Crippen LogP contribution < -0.4 is 5.32 Å². The second-order valence-corrected chi connectivity index (χ2v) is 6.13. The van der Waals surface area contributed by atoms with Crippen molar-refractivity contribution in [2.75, 3.05) is 13.1 Å². The SMILES string of the molecule is C=CC(=O)NC1CN(C(=O)c2ccccc2C)CC12CC2. The van der Waals surface area contributed by atoms with Crippen LogP contribution in [0.5, 0.6) is 0 Å². The molecular weight excluding hydrogens is 264 g/mol. The number of amides is 2. The number of nitrogens with zero attached hydrogens (tertiary/aromatic N) is 1. The van der Waals surface area contributed by atoms with E-state index in [1.54, 1.807) is 0 Å². The first-order chi connectivity index (χ1) is 10.1. The van der Waals surface area contributed by atoms with Crippen LogP contribution in [0.4, 0.5) is 0 Å². The number of rotatable bonds is 3. The molecule has 110 valence electrons. The van der Waals surface area contributed by atoms with Gasteiger partial charge in [-0.1, -0.05) is 24.8 Å². The van der Waals surface area contributed by atoms with Crippen molar-refractivity contribution in [2.24, 2.45) is 5.41 Å². The fourth-order valence-electron chi connectivity index (χ4n) is 3.20. The summed E-state index contributed by atoms with van der Waals surface area (Å²) in [5, 5.41) is 2.98. The number of hydrogen-bond donors (Lipinski definition) is 1. The van der Waals surface area contributed by atoms with E-state index in [0.29, 0.717) is 6.54 Å². The van der Waals surface area contributed by atoms with Crippen LogP contribution >= 0.6 is 0 Å². The molecule has 1 aromatic rings. The van der Waals surface area contributed by atoms with Gasteiger partial charge in [-0.3, -0.25) is 9.59 Å². The van der Waals surface area contributed by atoms with Crippen molar-refractivity contribution >= 4 is 11.8 Å². The van der Waals surface area contributed by atoms with Crippen LogP contribution in [0.1, 0.15) is 28.8 Å². The molecule has 1 aliphatic heterocycles. The maximum Gasteiger partial charge on any atom is 0.254 e. The van der Waals surface area contributed by atoms with Gasteiger partial charge in [0.15, 0.2) is 0 Å². The average Bonchev–Trinajstić information content (AvgIpc) is 3.17. The van der Waals surface area contributed by atoms with Crippen LogP contribution in [0.2, 0.25) is 0 Å². The van der Waals surface area contributed by atoms with Gasteiger partial charge in [0.2, 0.25) is 5.91 Å². The number of carbonyl (C=O) groups excluding carboxylic acids is 2. The molecule has 4 nitrogen and oxygen atoms in total. The first-order valence-electron chi connectivity index (χ1n) is 7.33. The summed E-state index contributed by atoms with van der Waals surface area (Å²) in [7, 11) is 0. The van der Waals surface area contributed by atoms with Crippen LogP contribution in [0.3, 0.4) is 0 Å². The van der Waals surface area contributed by atoms with Gasteiger partial charge in [0.1, 0.15) is 0 Å². The Morgan fingerprint density at radius 2 is 2.10 bits per heavy atom. The van der Waals surface area contributed by atoms with E-state index in [1.807, 2.05) is 36.1 Å². The molecule has 0 bridgehead atoms. The highest BCUT2D eigenvalue weighted by molar-refractivity contribution is 5.96.